The molecule has 2 aliphatic rings. The summed E-state index contributed by atoms with van der Waals surface area (Å²) in [6, 6.07) is 5.70. The van der Waals surface area contributed by atoms with Crippen molar-refractivity contribution in [2.75, 3.05) is 31.6 Å². The van der Waals surface area contributed by atoms with Crippen LogP contribution in [0, 0.1) is 5.82 Å². The third-order valence-corrected chi connectivity index (χ3v) is 6.24. The Morgan fingerprint density at radius 3 is 2.72 bits per heavy atom. The lowest BCUT2D eigenvalue weighted by Gasteiger charge is -2.24. The molecule has 25 heavy (non-hydrogen) atoms. The van der Waals surface area contributed by atoms with E-state index in [4.69, 9.17) is 4.74 Å². The summed E-state index contributed by atoms with van der Waals surface area (Å²) in [6.45, 7) is 4.57. The van der Waals surface area contributed by atoms with Crippen LogP contribution in [-0.4, -0.2) is 32.2 Å². The standard InChI is InChI=1S/C19H21FN2O2S/c20-14-6-4-13(5-7-14)18(23)21-19-16(12-22-8-10-24-11-9-22)15-2-1-3-17(15)25-19/h4-7H,1-3,8-12H2,(H,21,23)/p+1. The normalized spacial score (nSPS) is 17.5. The number of ether oxygens (including phenoxy) is 1. The molecule has 132 valence electrons. The Bertz CT molecular complexity index is 766. The van der Waals surface area contributed by atoms with E-state index < -0.39 is 0 Å². The molecule has 0 atom stereocenters. The van der Waals surface area contributed by atoms with Crippen molar-refractivity contribution in [3.8, 4) is 0 Å². The summed E-state index contributed by atoms with van der Waals surface area (Å²) in [5.41, 5.74) is 3.22. The van der Waals surface area contributed by atoms with Crippen LogP contribution in [0.4, 0.5) is 9.39 Å². The molecule has 0 bridgehead atoms. The highest BCUT2D eigenvalue weighted by Crippen LogP contribution is 2.39. The van der Waals surface area contributed by atoms with Gasteiger partial charge in [-0.2, -0.15) is 0 Å². The van der Waals surface area contributed by atoms with E-state index in [1.165, 1.54) is 51.6 Å². The molecule has 1 aliphatic heterocycles. The van der Waals surface area contributed by atoms with Gasteiger partial charge in [-0.05, 0) is 49.1 Å². The van der Waals surface area contributed by atoms with Crippen LogP contribution in [0.25, 0.3) is 0 Å². The zero-order chi connectivity index (χ0) is 17.2. The van der Waals surface area contributed by atoms with Crippen molar-refractivity contribution in [3.63, 3.8) is 0 Å². The number of hydrogen-bond donors (Lipinski definition) is 2. The predicted octanol–water partition coefficient (Wildman–Crippen LogP) is 2.04. The van der Waals surface area contributed by atoms with E-state index in [-0.39, 0.29) is 11.7 Å². The Labute approximate surface area is 150 Å². The number of amides is 1. The van der Waals surface area contributed by atoms with Crippen LogP contribution < -0.4 is 10.2 Å². The van der Waals surface area contributed by atoms with Crippen molar-refractivity contribution >= 4 is 22.2 Å². The van der Waals surface area contributed by atoms with Crippen LogP contribution in [0.3, 0.4) is 0 Å². The molecule has 2 aromatic rings. The number of quaternary nitrogens is 1. The molecule has 1 aromatic heterocycles. The Morgan fingerprint density at radius 2 is 1.96 bits per heavy atom. The smallest absolute Gasteiger partial charge is 0.256 e. The molecule has 1 saturated heterocycles. The van der Waals surface area contributed by atoms with Crippen molar-refractivity contribution in [3.05, 3.63) is 51.7 Å². The fourth-order valence-corrected chi connectivity index (χ4v) is 4.92. The van der Waals surface area contributed by atoms with Crippen LogP contribution >= 0.6 is 11.3 Å². The van der Waals surface area contributed by atoms with Crippen molar-refractivity contribution in [1.29, 1.82) is 0 Å². The first kappa shape index (κ1) is 16.7. The van der Waals surface area contributed by atoms with Crippen LogP contribution in [0.2, 0.25) is 0 Å². The van der Waals surface area contributed by atoms with Gasteiger partial charge in [0, 0.05) is 16.0 Å². The molecule has 2 N–H and O–H groups in total. The largest absolute Gasteiger partial charge is 0.370 e. The second-order valence-corrected chi connectivity index (χ2v) is 7.77. The van der Waals surface area contributed by atoms with E-state index in [9.17, 15) is 9.18 Å². The summed E-state index contributed by atoms with van der Waals surface area (Å²) in [5, 5.41) is 4.05. The highest BCUT2D eigenvalue weighted by Gasteiger charge is 2.27. The lowest BCUT2D eigenvalue weighted by atomic mass is 10.1. The number of carbonyl (C=O) groups is 1. The Kier molecular flexibility index (Phi) is 4.83. The summed E-state index contributed by atoms with van der Waals surface area (Å²) >= 11 is 1.71. The molecular formula is C19H22FN2O2S+. The van der Waals surface area contributed by atoms with Crippen molar-refractivity contribution in [1.82, 2.24) is 0 Å². The SMILES string of the molecule is O=C(Nc1sc2c(c1C[NH+]1CCOCC1)CCC2)c1ccc(F)cc1. The predicted molar refractivity (Wildman–Crippen MR) is 95.9 cm³/mol. The minimum Gasteiger partial charge on any atom is -0.370 e. The van der Waals surface area contributed by atoms with Gasteiger partial charge in [0.15, 0.2) is 0 Å². The zero-order valence-electron chi connectivity index (χ0n) is 14.1. The van der Waals surface area contributed by atoms with Gasteiger partial charge in [-0.3, -0.25) is 4.79 Å². The maximum atomic E-state index is 13.1. The average Bonchev–Trinajstić information content (AvgIpc) is 3.19. The molecule has 1 aliphatic carbocycles. The average molecular weight is 361 g/mol. The summed E-state index contributed by atoms with van der Waals surface area (Å²) < 4.78 is 18.5. The lowest BCUT2D eigenvalue weighted by molar-refractivity contribution is -0.921. The first-order valence-electron chi connectivity index (χ1n) is 8.82. The van der Waals surface area contributed by atoms with Gasteiger partial charge < -0.3 is 15.0 Å². The number of rotatable bonds is 4. The second kappa shape index (κ2) is 7.23. The Morgan fingerprint density at radius 1 is 1.20 bits per heavy atom. The van der Waals surface area contributed by atoms with Crippen LogP contribution in [-0.2, 0) is 24.1 Å². The maximum Gasteiger partial charge on any atom is 0.256 e. The number of hydrogen-bond acceptors (Lipinski definition) is 3. The fraction of sp³-hybridized carbons (Fsp3) is 0.421. The lowest BCUT2D eigenvalue weighted by Crippen LogP contribution is -3.12. The number of anilines is 1. The molecule has 0 unspecified atom stereocenters. The van der Waals surface area contributed by atoms with Crippen LogP contribution in [0.5, 0.6) is 0 Å². The number of benzene rings is 1. The van der Waals surface area contributed by atoms with Crippen LogP contribution in [0.1, 0.15) is 32.8 Å². The van der Waals surface area contributed by atoms with Crippen molar-refractivity contribution in [2.24, 2.45) is 0 Å². The van der Waals surface area contributed by atoms with E-state index in [0.29, 0.717) is 5.56 Å². The molecule has 2 heterocycles. The summed E-state index contributed by atoms with van der Waals surface area (Å²) in [7, 11) is 0. The molecule has 0 saturated carbocycles. The first-order chi connectivity index (χ1) is 12.2. The van der Waals surface area contributed by atoms with E-state index in [1.807, 2.05) is 0 Å². The molecule has 4 rings (SSSR count). The Balaban J connectivity index is 1.56. The van der Waals surface area contributed by atoms with E-state index in [2.05, 4.69) is 5.32 Å². The minimum atomic E-state index is -0.330. The highest BCUT2D eigenvalue weighted by atomic mass is 32.1. The quantitative estimate of drug-likeness (QED) is 0.875. The molecular weight excluding hydrogens is 339 g/mol. The van der Waals surface area contributed by atoms with Gasteiger partial charge in [0.25, 0.3) is 5.91 Å². The van der Waals surface area contributed by atoms with Gasteiger partial charge in [0.2, 0.25) is 0 Å². The number of carbonyl (C=O) groups excluding carboxylic acids is 1. The molecule has 4 nitrogen and oxygen atoms in total. The molecule has 1 amide bonds. The number of morpholine rings is 1. The minimum absolute atomic E-state index is 0.168. The van der Waals surface area contributed by atoms with E-state index in [0.717, 1.165) is 50.7 Å². The van der Waals surface area contributed by atoms with Gasteiger partial charge in [-0.1, -0.05) is 0 Å². The number of halogens is 1. The number of nitrogens with one attached hydrogen (secondary N) is 2. The first-order valence-corrected chi connectivity index (χ1v) is 9.64. The van der Waals surface area contributed by atoms with Crippen molar-refractivity contribution in [2.45, 2.75) is 25.8 Å². The number of thiophene rings is 1. The fourth-order valence-electron chi connectivity index (χ4n) is 3.62. The third kappa shape index (κ3) is 3.61. The third-order valence-electron chi connectivity index (χ3n) is 4.99. The van der Waals surface area contributed by atoms with Gasteiger partial charge in [-0.25, -0.2) is 4.39 Å². The summed E-state index contributed by atoms with van der Waals surface area (Å²) in [5.74, 6) is -0.499. The Hall–Kier alpha value is -1.76. The summed E-state index contributed by atoms with van der Waals surface area (Å²) in [6.07, 6.45) is 3.42. The topological polar surface area (TPSA) is 42.8 Å². The molecule has 0 radical (unpaired) electrons. The molecule has 0 spiro atoms. The van der Waals surface area contributed by atoms with E-state index >= 15 is 0 Å². The van der Waals surface area contributed by atoms with Crippen molar-refractivity contribution < 1.29 is 18.8 Å². The highest BCUT2D eigenvalue weighted by molar-refractivity contribution is 7.16. The van der Waals surface area contributed by atoms with Gasteiger partial charge in [0.1, 0.15) is 30.5 Å². The van der Waals surface area contributed by atoms with Crippen LogP contribution in [0.15, 0.2) is 24.3 Å². The number of aryl methyl sites for hydroxylation is 1. The monoisotopic (exact) mass is 361 g/mol. The van der Waals surface area contributed by atoms with Gasteiger partial charge in [0.05, 0.1) is 13.2 Å². The van der Waals surface area contributed by atoms with Gasteiger partial charge in [-0.15, -0.1) is 11.3 Å². The number of fused-ring (bicyclic) bond motifs is 1. The summed E-state index contributed by atoms with van der Waals surface area (Å²) in [4.78, 5) is 15.5. The second-order valence-electron chi connectivity index (χ2n) is 6.67. The zero-order valence-corrected chi connectivity index (χ0v) is 14.9. The van der Waals surface area contributed by atoms with Gasteiger partial charge >= 0.3 is 0 Å². The maximum absolute atomic E-state index is 13.1. The molecule has 1 fully saturated rings. The molecule has 1 aromatic carbocycles. The molecule has 6 heteroatoms. The van der Waals surface area contributed by atoms with E-state index in [1.54, 1.807) is 11.3 Å².